The summed E-state index contributed by atoms with van der Waals surface area (Å²) in [7, 11) is 0. The van der Waals surface area contributed by atoms with E-state index in [1.807, 2.05) is 6.07 Å². The summed E-state index contributed by atoms with van der Waals surface area (Å²) in [5, 5.41) is 13.9. The third-order valence-electron chi connectivity index (χ3n) is 5.44. The minimum atomic E-state index is -0.647. The van der Waals surface area contributed by atoms with E-state index in [2.05, 4.69) is 23.6 Å². The van der Waals surface area contributed by atoms with Crippen molar-refractivity contribution in [1.29, 1.82) is 0 Å². The lowest BCUT2D eigenvalue weighted by Crippen LogP contribution is -2.33. The quantitative estimate of drug-likeness (QED) is 0.764. The van der Waals surface area contributed by atoms with E-state index in [-0.39, 0.29) is 0 Å². The normalized spacial score (nSPS) is 17.0. The number of phenolic OH excluding ortho intramolecular Hbond substituents is 1. The van der Waals surface area contributed by atoms with Crippen LogP contribution in [0.1, 0.15) is 50.3 Å². The van der Waals surface area contributed by atoms with E-state index in [4.69, 9.17) is 9.52 Å². The Labute approximate surface area is 163 Å². The Morgan fingerprint density at radius 3 is 2.82 bits per heavy atom. The van der Waals surface area contributed by atoms with Crippen LogP contribution in [0, 0.1) is 12.7 Å². The third kappa shape index (κ3) is 3.23. The van der Waals surface area contributed by atoms with Gasteiger partial charge in [0.15, 0.2) is 17.3 Å². The van der Waals surface area contributed by atoms with E-state index < -0.39 is 11.6 Å². The summed E-state index contributed by atoms with van der Waals surface area (Å²) in [6.45, 7) is 8.70. The lowest BCUT2D eigenvalue weighted by Gasteiger charge is -2.34. The molecule has 1 aromatic carbocycles. The number of aliphatic imine (C=N–C) groups is 1. The SMILES string of the molecule is C=C1C2=C(CCCC2)N=C(CC)N1Cc1cc(-c2cc(O)c(F)cc2C)on1. The number of phenols is 1. The van der Waals surface area contributed by atoms with Crippen molar-refractivity contribution in [2.75, 3.05) is 0 Å². The average Bonchev–Trinajstić information content (AvgIpc) is 3.15. The molecule has 0 amide bonds. The molecule has 2 heterocycles. The van der Waals surface area contributed by atoms with E-state index >= 15 is 0 Å². The fourth-order valence-corrected chi connectivity index (χ4v) is 3.92. The van der Waals surface area contributed by atoms with Crippen molar-refractivity contribution in [3.05, 3.63) is 58.8 Å². The molecule has 0 atom stereocenters. The number of nitrogens with zero attached hydrogens (tertiary/aromatic N) is 3. The average molecular weight is 381 g/mol. The van der Waals surface area contributed by atoms with E-state index in [1.54, 1.807) is 6.92 Å². The highest BCUT2D eigenvalue weighted by Gasteiger charge is 2.27. The van der Waals surface area contributed by atoms with Crippen LogP contribution in [0.2, 0.25) is 0 Å². The number of amidine groups is 1. The monoisotopic (exact) mass is 381 g/mol. The number of hydrogen-bond acceptors (Lipinski definition) is 5. The number of rotatable bonds is 4. The zero-order valence-electron chi connectivity index (χ0n) is 16.3. The molecule has 0 fully saturated rings. The molecule has 5 nitrogen and oxygen atoms in total. The highest BCUT2D eigenvalue weighted by Crippen LogP contribution is 2.36. The van der Waals surface area contributed by atoms with E-state index in [0.29, 0.717) is 23.4 Å². The number of allylic oxidation sites excluding steroid dienone is 2. The predicted octanol–water partition coefficient (Wildman–Crippen LogP) is 5.46. The summed E-state index contributed by atoms with van der Waals surface area (Å²) in [6.07, 6.45) is 5.20. The van der Waals surface area contributed by atoms with E-state index in [1.165, 1.54) is 36.2 Å². The minimum Gasteiger partial charge on any atom is -0.505 e. The Kier molecular flexibility index (Phi) is 4.79. The first kappa shape index (κ1) is 18.5. The van der Waals surface area contributed by atoms with Gasteiger partial charge in [-0.05, 0) is 55.9 Å². The number of hydrogen-bond donors (Lipinski definition) is 1. The summed E-state index contributed by atoms with van der Waals surface area (Å²) in [4.78, 5) is 6.99. The van der Waals surface area contributed by atoms with Crippen LogP contribution in [0.3, 0.4) is 0 Å². The van der Waals surface area contributed by atoms with Gasteiger partial charge in [0.05, 0.1) is 6.54 Å². The Bertz CT molecular complexity index is 1000. The molecule has 2 aromatic rings. The van der Waals surface area contributed by atoms with Crippen LogP contribution >= 0.6 is 0 Å². The van der Waals surface area contributed by atoms with Gasteiger partial charge in [0.25, 0.3) is 0 Å². The van der Waals surface area contributed by atoms with Crippen LogP contribution < -0.4 is 0 Å². The van der Waals surface area contributed by atoms with Crippen molar-refractivity contribution in [3.8, 4) is 17.1 Å². The number of aromatic hydroxyl groups is 1. The zero-order valence-corrected chi connectivity index (χ0v) is 16.3. The van der Waals surface area contributed by atoms with Gasteiger partial charge in [-0.15, -0.1) is 0 Å². The highest BCUT2D eigenvalue weighted by molar-refractivity contribution is 5.87. The van der Waals surface area contributed by atoms with Crippen molar-refractivity contribution >= 4 is 5.84 Å². The summed E-state index contributed by atoms with van der Waals surface area (Å²) in [5.41, 5.74) is 5.47. The van der Waals surface area contributed by atoms with Crippen molar-refractivity contribution in [2.45, 2.75) is 52.5 Å². The fraction of sp³-hybridized carbons (Fsp3) is 0.364. The van der Waals surface area contributed by atoms with Crippen LogP contribution in [0.5, 0.6) is 5.75 Å². The van der Waals surface area contributed by atoms with Gasteiger partial charge in [-0.3, -0.25) is 0 Å². The maximum absolute atomic E-state index is 13.5. The minimum absolute atomic E-state index is 0.403. The lowest BCUT2D eigenvalue weighted by atomic mass is 9.92. The zero-order chi connectivity index (χ0) is 19.8. The van der Waals surface area contributed by atoms with Crippen molar-refractivity contribution < 1.29 is 14.0 Å². The molecule has 28 heavy (non-hydrogen) atoms. The summed E-state index contributed by atoms with van der Waals surface area (Å²) in [6, 6.07) is 4.48. The molecule has 1 aliphatic carbocycles. The van der Waals surface area contributed by atoms with Gasteiger partial charge in [0, 0.05) is 29.4 Å². The van der Waals surface area contributed by atoms with Gasteiger partial charge in [0.1, 0.15) is 11.5 Å². The summed E-state index contributed by atoms with van der Waals surface area (Å²) < 4.78 is 19.0. The van der Waals surface area contributed by atoms with E-state index in [0.717, 1.165) is 36.5 Å². The number of aromatic nitrogens is 1. The topological polar surface area (TPSA) is 61.9 Å². The molecule has 0 bridgehead atoms. The standard InChI is InChI=1S/C22H24FN3O2/c1-4-22-24-19-8-6-5-7-16(19)14(3)26(22)12-15-10-21(28-25-15)17-11-20(27)18(23)9-13(17)2/h9-11,27H,3-8,12H2,1-2H3. The molecule has 1 N–H and O–H groups in total. The second-order valence-electron chi connectivity index (χ2n) is 7.35. The van der Waals surface area contributed by atoms with Gasteiger partial charge < -0.3 is 14.5 Å². The summed E-state index contributed by atoms with van der Waals surface area (Å²) >= 11 is 0. The second kappa shape index (κ2) is 7.26. The predicted molar refractivity (Wildman–Crippen MR) is 106 cm³/mol. The van der Waals surface area contributed by atoms with Gasteiger partial charge in [-0.1, -0.05) is 18.7 Å². The lowest BCUT2D eigenvalue weighted by molar-refractivity contribution is 0.400. The molecular weight excluding hydrogens is 357 g/mol. The Balaban J connectivity index is 1.61. The molecule has 2 aliphatic rings. The first-order chi connectivity index (χ1) is 13.5. The number of aryl methyl sites for hydroxylation is 1. The number of benzene rings is 1. The first-order valence-electron chi connectivity index (χ1n) is 9.69. The van der Waals surface area contributed by atoms with Crippen molar-refractivity contribution in [3.63, 3.8) is 0 Å². The molecule has 146 valence electrons. The molecule has 0 saturated carbocycles. The Hall–Kier alpha value is -2.89. The van der Waals surface area contributed by atoms with Crippen LogP contribution in [0.4, 0.5) is 4.39 Å². The maximum atomic E-state index is 13.5. The largest absolute Gasteiger partial charge is 0.505 e. The van der Waals surface area contributed by atoms with Crippen LogP contribution in [0.15, 0.2) is 51.3 Å². The van der Waals surface area contributed by atoms with Gasteiger partial charge >= 0.3 is 0 Å². The van der Waals surface area contributed by atoms with Gasteiger partial charge in [0.2, 0.25) is 0 Å². The first-order valence-corrected chi connectivity index (χ1v) is 9.69. The molecule has 1 aromatic heterocycles. The van der Waals surface area contributed by atoms with Gasteiger partial charge in [-0.25, -0.2) is 9.38 Å². The molecule has 4 rings (SSSR count). The number of halogens is 1. The fourth-order valence-electron chi connectivity index (χ4n) is 3.92. The molecule has 0 unspecified atom stereocenters. The van der Waals surface area contributed by atoms with Gasteiger partial charge in [-0.2, -0.15) is 0 Å². The molecular formula is C22H24FN3O2. The second-order valence-corrected chi connectivity index (χ2v) is 7.35. The Morgan fingerprint density at radius 1 is 1.25 bits per heavy atom. The van der Waals surface area contributed by atoms with Crippen molar-refractivity contribution in [2.24, 2.45) is 4.99 Å². The smallest absolute Gasteiger partial charge is 0.167 e. The van der Waals surface area contributed by atoms with Crippen LogP contribution in [-0.2, 0) is 6.54 Å². The highest BCUT2D eigenvalue weighted by atomic mass is 19.1. The van der Waals surface area contributed by atoms with E-state index in [9.17, 15) is 9.50 Å². The molecule has 6 heteroatoms. The third-order valence-corrected chi connectivity index (χ3v) is 5.44. The van der Waals surface area contributed by atoms with Crippen LogP contribution in [0.25, 0.3) is 11.3 Å². The Morgan fingerprint density at radius 2 is 2.04 bits per heavy atom. The van der Waals surface area contributed by atoms with Crippen LogP contribution in [-0.4, -0.2) is 21.0 Å². The maximum Gasteiger partial charge on any atom is 0.167 e. The molecule has 0 spiro atoms. The summed E-state index contributed by atoms with van der Waals surface area (Å²) in [5.74, 6) is 0.440. The van der Waals surface area contributed by atoms with Crippen molar-refractivity contribution in [1.82, 2.24) is 10.1 Å². The molecule has 0 saturated heterocycles. The molecule has 1 aliphatic heterocycles. The molecule has 0 radical (unpaired) electrons.